The van der Waals surface area contributed by atoms with Crippen molar-refractivity contribution in [3.8, 4) is 17.0 Å². The number of imidazole rings is 1. The molecule has 8 aromatic rings. The number of carbonyl (C=O) groups is 1. The fourth-order valence-corrected chi connectivity index (χ4v) is 8.45. The van der Waals surface area contributed by atoms with E-state index in [0.717, 1.165) is 56.6 Å². The number of methoxy groups -OCH3 is 1. The Labute approximate surface area is 403 Å². The fraction of sp³-hybridized carbons (Fsp3) is 0.327. The number of nitrogens with one attached hydrogen (secondary N) is 3. The summed E-state index contributed by atoms with van der Waals surface area (Å²) in [6, 6.07) is 17.9. The maximum Gasteiger partial charge on any atom is 0.252 e. The van der Waals surface area contributed by atoms with Gasteiger partial charge in [0, 0.05) is 81.3 Å². The lowest BCUT2D eigenvalue weighted by atomic mass is 10.1. The first-order valence-electron chi connectivity index (χ1n) is 22.1. The number of nitrogens with zero attached hydrogens (tertiary/aromatic N) is 12. The normalized spacial score (nSPS) is 11.8. The Morgan fingerprint density at radius 2 is 1.74 bits per heavy atom. The van der Waals surface area contributed by atoms with Crippen LogP contribution in [0.3, 0.4) is 0 Å². The van der Waals surface area contributed by atoms with Crippen LogP contribution >= 0.6 is 15.9 Å². The number of aromatic nitrogens is 9. The molecule has 1 amide bonds. The smallest absolute Gasteiger partial charge is 0.252 e. The molecule has 0 saturated carbocycles. The maximum atomic E-state index is 14.7. The molecule has 0 aliphatic rings. The van der Waals surface area contributed by atoms with Crippen LogP contribution in [0.1, 0.15) is 30.8 Å². The van der Waals surface area contributed by atoms with E-state index in [9.17, 15) is 9.90 Å². The van der Waals surface area contributed by atoms with Crippen LogP contribution in [0.15, 0.2) is 89.8 Å². The molecule has 5 aromatic heterocycles. The molecular weight excluding hydrogens is 927 g/mol. The van der Waals surface area contributed by atoms with Crippen molar-refractivity contribution in [3.63, 3.8) is 0 Å². The van der Waals surface area contributed by atoms with Gasteiger partial charge >= 0.3 is 0 Å². The number of fused-ring (bicyclic) bond motifs is 3. The Hall–Kier alpha value is -7.09. The highest BCUT2D eigenvalue weighted by atomic mass is 79.9. The van der Waals surface area contributed by atoms with E-state index in [4.69, 9.17) is 24.7 Å². The molecule has 0 bridgehead atoms. The lowest BCUT2D eigenvalue weighted by Crippen LogP contribution is -2.38. The predicted molar refractivity (Wildman–Crippen MR) is 274 cm³/mol. The topological polar surface area (TPSA) is 186 Å². The molecule has 0 spiro atoms. The van der Waals surface area contributed by atoms with Crippen LogP contribution in [0.4, 0.5) is 34.9 Å². The Morgan fingerprint density at radius 1 is 0.971 bits per heavy atom. The van der Waals surface area contributed by atoms with Crippen LogP contribution in [-0.2, 0) is 18.4 Å². The highest BCUT2D eigenvalue weighted by molar-refractivity contribution is 9.10. The van der Waals surface area contributed by atoms with E-state index in [0.29, 0.717) is 57.5 Å². The van der Waals surface area contributed by atoms with Crippen molar-refractivity contribution in [3.05, 3.63) is 107 Å². The number of anilines is 6. The van der Waals surface area contributed by atoms with Crippen molar-refractivity contribution in [2.45, 2.75) is 39.8 Å². The van der Waals surface area contributed by atoms with Crippen molar-refractivity contribution in [1.29, 1.82) is 0 Å². The number of hydrogen-bond donors (Lipinski definition) is 4. The first-order chi connectivity index (χ1) is 32.3. The van der Waals surface area contributed by atoms with Crippen molar-refractivity contribution in [1.82, 2.24) is 49.0 Å². The first-order valence-corrected chi connectivity index (χ1v) is 22.9. The van der Waals surface area contributed by atoms with E-state index >= 15 is 0 Å². The number of hydrogen-bond acceptors (Lipinski definition) is 14. The second-order valence-electron chi connectivity index (χ2n) is 18.1. The van der Waals surface area contributed by atoms with Gasteiger partial charge in [-0.05, 0) is 99.2 Å². The zero-order valence-electron chi connectivity index (χ0n) is 40.2. The largest absolute Gasteiger partial charge is 0.494 e. The van der Waals surface area contributed by atoms with Gasteiger partial charge in [0.05, 0.1) is 70.3 Å². The summed E-state index contributed by atoms with van der Waals surface area (Å²) in [5.74, 6) is 1.82. The number of ether oxygens (including phenoxy) is 1. The average molecular weight is 985 g/mol. The summed E-state index contributed by atoms with van der Waals surface area (Å²) < 4.78 is 10.3. The zero-order chi connectivity index (χ0) is 48.6. The number of rotatable bonds is 18. The minimum absolute atomic E-state index is 0.0149. The summed E-state index contributed by atoms with van der Waals surface area (Å²) in [4.78, 5) is 50.2. The van der Waals surface area contributed by atoms with Crippen LogP contribution in [0, 0.1) is 13.8 Å². The molecule has 0 unspecified atom stereocenters. The lowest BCUT2D eigenvalue weighted by Gasteiger charge is -2.28. The summed E-state index contributed by atoms with van der Waals surface area (Å²) in [6.45, 7) is 13.8. The number of carbonyl (C=O) groups excluding carboxylic acids is 1. The third-order valence-electron chi connectivity index (χ3n) is 11.7. The highest BCUT2D eigenvalue weighted by Gasteiger charge is 2.26. The quantitative estimate of drug-likeness (QED) is 0.0620. The molecule has 0 atom stereocenters. The third kappa shape index (κ3) is 10.2. The molecule has 0 radical (unpaired) electrons. The SMILES string of the molecule is C=C(CN(Cc1nc2cc(C)c(C)cc2[nH]1)c1nc(N(C)CC(C)(C)O)nc2c(Br)cnn12)C(=O)Nc1cc(Nc2nccc(-c3cn(C)c4ccccc34)n2)c(OC)cc1N(C)CCN(C)C. The number of halogens is 1. The van der Waals surface area contributed by atoms with Gasteiger partial charge in [-0.15, -0.1) is 0 Å². The van der Waals surface area contributed by atoms with Crippen LogP contribution < -0.4 is 30.1 Å². The number of likely N-dealkylation sites (N-methyl/N-ethyl adjacent to an activating group) is 3. The first kappa shape index (κ1) is 47.4. The zero-order valence-corrected chi connectivity index (χ0v) is 41.8. The molecule has 19 heteroatoms. The summed E-state index contributed by atoms with van der Waals surface area (Å²) >= 11 is 3.62. The molecule has 0 fully saturated rings. The molecule has 4 N–H and O–H groups in total. The molecule has 0 aliphatic carbocycles. The number of H-pyrrole nitrogens is 1. The van der Waals surface area contributed by atoms with Gasteiger partial charge in [-0.3, -0.25) is 4.79 Å². The number of aliphatic hydroxyl groups is 1. The van der Waals surface area contributed by atoms with Crippen molar-refractivity contribution in [2.75, 3.05) is 86.8 Å². The van der Waals surface area contributed by atoms with E-state index in [1.54, 1.807) is 42.8 Å². The summed E-state index contributed by atoms with van der Waals surface area (Å²) in [6.07, 6.45) is 5.43. The number of amides is 1. The van der Waals surface area contributed by atoms with Gasteiger partial charge in [-0.1, -0.05) is 24.8 Å². The monoisotopic (exact) mass is 983 g/mol. The molecular formula is C49H58BrN15O3. The van der Waals surface area contributed by atoms with Crippen LogP contribution in [0.25, 0.3) is 38.8 Å². The predicted octanol–water partition coefficient (Wildman–Crippen LogP) is 7.49. The second kappa shape index (κ2) is 19.3. The van der Waals surface area contributed by atoms with Crippen molar-refractivity contribution < 1.29 is 14.6 Å². The fourth-order valence-electron chi connectivity index (χ4n) is 8.10. The average Bonchev–Trinajstić information content (AvgIpc) is 3.98. The van der Waals surface area contributed by atoms with E-state index in [2.05, 4.69) is 107 Å². The minimum atomic E-state index is -1.04. The van der Waals surface area contributed by atoms with E-state index in [-0.39, 0.29) is 25.2 Å². The summed E-state index contributed by atoms with van der Waals surface area (Å²) in [5, 5.41) is 23.0. The van der Waals surface area contributed by atoms with Gasteiger partial charge in [0.25, 0.3) is 5.91 Å². The van der Waals surface area contributed by atoms with Gasteiger partial charge in [0.2, 0.25) is 17.8 Å². The van der Waals surface area contributed by atoms with Gasteiger partial charge in [-0.25, -0.2) is 15.0 Å². The molecule has 68 heavy (non-hydrogen) atoms. The van der Waals surface area contributed by atoms with E-state index < -0.39 is 11.5 Å². The number of para-hydroxylation sites is 1. The van der Waals surface area contributed by atoms with Gasteiger partial charge in [-0.2, -0.15) is 19.6 Å². The van der Waals surface area contributed by atoms with E-state index in [1.165, 1.54) is 0 Å². The molecule has 3 aromatic carbocycles. The second-order valence-corrected chi connectivity index (χ2v) is 19.0. The summed E-state index contributed by atoms with van der Waals surface area (Å²) in [7, 11) is 11.4. The molecule has 354 valence electrons. The minimum Gasteiger partial charge on any atom is -0.494 e. The van der Waals surface area contributed by atoms with Crippen LogP contribution in [0.2, 0.25) is 0 Å². The Kier molecular flexibility index (Phi) is 13.4. The van der Waals surface area contributed by atoms with Crippen LogP contribution in [-0.4, -0.2) is 127 Å². The maximum absolute atomic E-state index is 14.7. The number of benzene rings is 3. The summed E-state index contributed by atoms with van der Waals surface area (Å²) in [5.41, 5.74) is 8.26. The third-order valence-corrected chi connectivity index (χ3v) is 12.2. The van der Waals surface area contributed by atoms with Crippen molar-refractivity contribution in [2.24, 2.45) is 7.05 Å². The Morgan fingerprint density at radius 3 is 2.49 bits per heavy atom. The van der Waals surface area contributed by atoms with Gasteiger partial charge in [0.1, 0.15) is 11.6 Å². The highest BCUT2D eigenvalue weighted by Crippen LogP contribution is 2.39. The van der Waals surface area contributed by atoms with Gasteiger partial charge < -0.3 is 49.6 Å². The van der Waals surface area contributed by atoms with Crippen LogP contribution in [0.5, 0.6) is 5.75 Å². The molecule has 0 aliphatic heterocycles. The van der Waals surface area contributed by atoms with Gasteiger partial charge in [0.15, 0.2) is 5.65 Å². The molecule has 8 rings (SSSR count). The Balaban J connectivity index is 1.15. The lowest BCUT2D eigenvalue weighted by molar-refractivity contribution is -0.112. The molecule has 18 nitrogen and oxygen atoms in total. The molecule has 0 saturated heterocycles. The number of aryl methyl sites for hydroxylation is 3. The number of aromatic amines is 1. The van der Waals surface area contributed by atoms with E-state index in [1.807, 2.05) is 70.5 Å². The standard InChI is InChI=1S/C49H58BrN15O3/c1-29-20-36-37(21-30(29)2)54-43(53-36)27-64(48-59-47(63(10)28-49(4,5)67)58-44-34(50)24-52-65(44)48)25-31(3)45(66)55-38-22-39(42(68-11)23-41(38)61(8)19-18-60(6)7)57-46-51-17-16-35(56-46)33-26-62(9)40-15-13-12-14-32(33)40/h12-17,20-24,26,67H,3,18-19,25,27-28H2,1-2,4-11H3,(H,53,54)(H,55,66)(H,51,56,57). The Bertz CT molecular complexity index is 3130. The molecule has 5 heterocycles. The van der Waals surface area contributed by atoms with Crippen molar-refractivity contribution >= 4 is 84.3 Å².